The number of aliphatic hydroxyl groups is 1. The Morgan fingerprint density at radius 1 is 0.919 bits per heavy atom. The highest BCUT2D eigenvalue weighted by atomic mass is 32.2. The lowest BCUT2D eigenvalue weighted by atomic mass is 9.85. The number of carbonyl (C=O) groups is 1. The summed E-state index contributed by atoms with van der Waals surface area (Å²) in [6, 6.07) is 20.5. The van der Waals surface area contributed by atoms with Crippen molar-refractivity contribution in [1.29, 1.82) is 0 Å². The molecule has 0 heterocycles. The quantitative estimate of drug-likeness (QED) is 0.127. The van der Waals surface area contributed by atoms with Gasteiger partial charge in [-0.3, -0.25) is 4.79 Å². The van der Waals surface area contributed by atoms with E-state index in [0.29, 0.717) is 11.8 Å². The van der Waals surface area contributed by atoms with E-state index in [2.05, 4.69) is 63.3 Å². The Morgan fingerprint density at radius 2 is 1.62 bits per heavy atom. The fourth-order valence-electron chi connectivity index (χ4n) is 5.21. The van der Waals surface area contributed by atoms with E-state index in [9.17, 15) is 9.90 Å². The Labute approximate surface area is 228 Å². The van der Waals surface area contributed by atoms with Crippen LogP contribution in [0.4, 0.5) is 5.69 Å². The second kappa shape index (κ2) is 14.6. The first kappa shape index (κ1) is 29.3. The van der Waals surface area contributed by atoms with Crippen LogP contribution < -0.4 is 5.32 Å². The number of para-hydroxylation sites is 1. The Balaban J connectivity index is 1.80. The zero-order valence-electron chi connectivity index (χ0n) is 23.3. The van der Waals surface area contributed by atoms with E-state index in [0.717, 1.165) is 38.9 Å². The van der Waals surface area contributed by atoms with Gasteiger partial charge in [-0.2, -0.15) is 0 Å². The zero-order valence-corrected chi connectivity index (χ0v) is 24.1. The van der Waals surface area contributed by atoms with Crippen LogP contribution in [0.1, 0.15) is 79.6 Å². The van der Waals surface area contributed by atoms with Crippen molar-refractivity contribution in [2.24, 2.45) is 17.8 Å². The number of aliphatic hydroxyl groups excluding tert-OH is 1. The van der Waals surface area contributed by atoms with Gasteiger partial charge in [0.15, 0.2) is 0 Å². The molecule has 4 atom stereocenters. The summed E-state index contributed by atoms with van der Waals surface area (Å²) in [7, 11) is 0. The summed E-state index contributed by atoms with van der Waals surface area (Å²) in [6.45, 7) is 10.6. The van der Waals surface area contributed by atoms with Crippen molar-refractivity contribution in [2.45, 2.75) is 89.9 Å². The predicted octanol–water partition coefficient (Wildman–Crippen LogP) is 9.53. The van der Waals surface area contributed by atoms with Crippen LogP contribution in [0.5, 0.6) is 0 Å². The van der Waals surface area contributed by atoms with Gasteiger partial charge in [-0.1, -0.05) is 127 Å². The molecule has 0 aromatic heterocycles. The maximum Gasteiger partial charge on any atom is 0.221 e. The molecule has 3 aromatic carbocycles. The SMILES string of the molecule is CCCCCCCC(C)CC(C)C(C)C(O)Sc1ccc2ccccc2c1-c1ccccc1NC(C)=O. The second-order valence-corrected chi connectivity index (χ2v) is 11.9. The Hall–Kier alpha value is -2.30. The minimum atomic E-state index is -0.514. The molecule has 0 fully saturated rings. The summed E-state index contributed by atoms with van der Waals surface area (Å²) in [6.07, 6.45) is 9.05. The number of rotatable bonds is 14. The maximum atomic E-state index is 11.9. The van der Waals surface area contributed by atoms with Gasteiger partial charge in [-0.15, -0.1) is 0 Å². The number of hydrogen-bond donors (Lipinski definition) is 2. The van der Waals surface area contributed by atoms with Gasteiger partial charge in [0.05, 0.1) is 0 Å². The van der Waals surface area contributed by atoms with Gasteiger partial charge in [0.1, 0.15) is 5.44 Å². The second-order valence-electron chi connectivity index (χ2n) is 10.8. The molecule has 200 valence electrons. The standard InChI is InChI=1S/C33H45NO2S/c1-6-7-8-9-10-15-23(2)22-24(3)25(4)33(36)37-31-21-20-27-16-11-12-17-28(27)32(31)29-18-13-14-19-30(29)34-26(5)35/h11-14,16-21,23-25,33,36H,6-10,15,22H2,1-5H3,(H,34,35). The molecule has 0 aliphatic heterocycles. The zero-order chi connectivity index (χ0) is 26.8. The van der Waals surface area contributed by atoms with Crippen LogP contribution in [0, 0.1) is 17.8 Å². The van der Waals surface area contributed by atoms with Crippen molar-refractivity contribution < 1.29 is 9.90 Å². The van der Waals surface area contributed by atoms with Gasteiger partial charge in [-0.25, -0.2) is 0 Å². The molecular formula is C33H45NO2S. The third-order valence-electron chi connectivity index (χ3n) is 7.57. The number of unbranched alkanes of at least 4 members (excludes halogenated alkanes) is 4. The summed E-state index contributed by atoms with van der Waals surface area (Å²) in [5, 5.41) is 16.6. The lowest BCUT2D eigenvalue weighted by Crippen LogP contribution is -2.22. The number of nitrogens with one attached hydrogen (secondary N) is 1. The monoisotopic (exact) mass is 519 g/mol. The Bertz CT molecular complexity index is 1140. The average molecular weight is 520 g/mol. The molecule has 0 saturated heterocycles. The number of thioether (sulfide) groups is 1. The number of amides is 1. The summed E-state index contributed by atoms with van der Waals surface area (Å²) in [4.78, 5) is 13.0. The van der Waals surface area contributed by atoms with E-state index in [-0.39, 0.29) is 11.8 Å². The van der Waals surface area contributed by atoms with E-state index < -0.39 is 5.44 Å². The van der Waals surface area contributed by atoms with Crippen LogP contribution in [0.15, 0.2) is 65.6 Å². The summed E-state index contributed by atoms with van der Waals surface area (Å²) in [5.41, 5.74) is 2.31. The maximum absolute atomic E-state index is 11.9. The molecule has 0 radical (unpaired) electrons. The van der Waals surface area contributed by atoms with Gasteiger partial charge in [0, 0.05) is 28.6 Å². The number of carbonyl (C=O) groups excluding carboxylic acids is 1. The minimum absolute atomic E-state index is 0.0937. The van der Waals surface area contributed by atoms with E-state index >= 15 is 0 Å². The average Bonchev–Trinajstić information content (AvgIpc) is 2.88. The van der Waals surface area contributed by atoms with Crippen LogP contribution in [0.2, 0.25) is 0 Å². The summed E-state index contributed by atoms with van der Waals surface area (Å²) >= 11 is 1.54. The van der Waals surface area contributed by atoms with Crippen LogP contribution in [-0.2, 0) is 4.79 Å². The molecule has 0 saturated carbocycles. The van der Waals surface area contributed by atoms with Gasteiger partial charge in [-0.05, 0) is 47.1 Å². The smallest absolute Gasteiger partial charge is 0.221 e. The Kier molecular flexibility index (Phi) is 11.5. The van der Waals surface area contributed by atoms with E-state index in [1.807, 2.05) is 30.3 Å². The van der Waals surface area contributed by atoms with E-state index in [4.69, 9.17) is 0 Å². The summed E-state index contributed by atoms with van der Waals surface area (Å²) in [5.74, 6) is 1.18. The highest BCUT2D eigenvalue weighted by Gasteiger charge is 2.25. The highest BCUT2D eigenvalue weighted by molar-refractivity contribution is 7.99. The van der Waals surface area contributed by atoms with Gasteiger partial charge in [0.2, 0.25) is 5.91 Å². The molecule has 37 heavy (non-hydrogen) atoms. The molecule has 0 spiro atoms. The molecular weight excluding hydrogens is 474 g/mol. The summed E-state index contributed by atoms with van der Waals surface area (Å²) < 4.78 is 0. The highest BCUT2D eigenvalue weighted by Crippen LogP contribution is 2.43. The Morgan fingerprint density at radius 3 is 2.38 bits per heavy atom. The van der Waals surface area contributed by atoms with Crippen LogP contribution in [0.25, 0.3) is 21.9 Å². The van der Waals surface area contributed by atoms with Crippen molar-refractivity contribution in [3.63, 3.8) is 0 Å². The van der Waals surface area contributed by atoms with Crippen molar-refractivity contribution >= 4 is 34.1 Å². The predicted molar refractivity (Wildman–Crippen MR) is 161 cm³/mol. The first-order chi connectivity index (χ1) is 17.8. The van der Waals surface area contributed by atoms with Crippen molar-refractivity contribution in [2.75, 3.05) is 5.32 Å². The first-order valence-electron chi connectivity index (χ1n) is 14.0. The van der Waals surface area contributed by atoms with Crippen LogP contribution in [-0.4, -0.2) is 16.4 Å². The van der Waals surface area contributed by atoms with Gasteiger partial charge in [0.25, 0.3) is 0 Å². The van der Waals surface area contributed by atoms with Gasteiger partial charge >= 0.3 is 0 Å². The molecule has 3 nitrogen and oxygen atoms in total. The van der Waals surface area contributed by atoms with Crippen molar-refractivity contribution in [3.05, 3.63) is 60.7 Å². The van der Waals surface area contributed by atoms with Crippen molar-refractivity contribution in [1.82, 2.24) is 0 Å². The fourth-order valence-corrected chi connectivity index (χ4v) is 6.44. The van der Waals surface area contributed by atoms with Gasteiger partial charge < -0.3 is 10.4 Å². The normalized spacial score (nSPS) is 14.8. The molecule has 4 heteroatoms. The van der Waals surface area contributed by atoms with E-state index in [1.54, 1.807) is 11.8 Å². The molecule has 0 aliphatic rings. The molecule has 2 N–H and O–H groups in total. The first-order valence-corrected chi connectivity index (χ1v) is 14.9. The minimum Gasteiger partial charge on any atom is -0.382 e. The third-order valence-corrected chi connectivity index (χ3v) is 8.83. The fraction of sp³-hybridized carbons (Fsp3) is 0.485. The molecule has 1 amide bonds. The topological polar surface area (TPSA) is 49.3 Å². The van der Waals surface area contributed by atoms with Crippen LogP contribution in [0.3, 0.4) is 0 Å². The largest absolute Gasteiger partial charge is 0.382 e. The lowest BCUT2D eigenvalue weighted by molar-refractivity contribution is -0.114. The lowest BCUT2D eigenvalue weighted by Gasteiger charge is -2.28. The van der Waals surface area contributed by atoms with Crippen LogP contribution >= 0.6 is 11.8 Å². The third kappa shape index (κ3) is 8.35. The molecule has 4 unspecified atom stereocenters. The number of fused-ring (bicyclic) bond motifs is 1. The van der Waals surface area contributed by atoms with Crippen molar-refractivity contribution in [3.8, 4) is 11.1 Å². The molecule has 0 bridgehead atoms. The number of anilines is 1. The molecule has 0 aliphatic carbocycles. The number of benzene rings is 3. The molecule has 3 rings (SSSR count). The number of hydrogen-bond acceptors (Lipinski definition) is 3. The van der Waals surface area contributed by atoms with E-state index in [1.165, 1.54) is 45.4 Å². The molecule has 3 aromatic rings.